The number of nitrogens with two attached hydrogens (primary N) is 1. The number of hydrogen-bond donors (Lipinski definition) is 2. The van der Waals surface area contributed by atoms with E-state index in [-0.39, 0.29) is 0 Å². The summed E-state index contributed by atoms with van der Waals surface area (Å²) in [7, 11) is -1.03. The predicted octanol–water partition coefficient (Wildman–Crippen LogP) is 1.97. The van der Waals surface area contributed by atoms with Gasteiger partial charge in [-0.3, -0.25) is 0 Å². The molecule has 0 aliphatic heterocycles. The van der Waals surface area contributed by atoms with E-state index in [1.165, 1.54) is 0 Å². The second kappa shape index (κ2) is 4.80. The maximum absolute atomic E-state index is 11.2. The first-order valence-corrected chi connectivity index (χ1v) is 6.23. The fourth-order valence-electron chi connectivity index (χ4n) is 0.821. The minimum atomic E-state index is -1.03. The molecule has 0 aliphatic carbocycles. The van der Waals surface area contributed by atoms with Crippen LogP contribution in [0.15, 0.2) is 18.2 Å². The van der Waals surface area contributed by atoms with E-state index in [9.17, 15) is 4.21 Å². The van der Waals surface area contributed by atoms with Gasteiger partial charge in [0, 0.05) is 9.32 Å². The average Bonchev–Trinajstić information content (AvgIpc) is 2.09. The summed E-state index contributed by atoms with van der Waals surface area (Å²) in [6, 6.07) is 5.60. The van der Waals surface area contributed by atoms with Gasteiger partial charge < -0.3 is 10.5 Å². The molecule has 0 amide bonds. The van der Waals surface area contributed by atoms with Crippen LogP contribution in [0.1, 0.15) is 6.92 Å². The van der Waals surface area contributed by atoms with Crippen molar-refractivity contribution >= 4 is 45.0 Å². The highest BCUT2D eigenvalue weighted by Gasteiger charge is 2.01. The van der Waals surface area contributed by atoms with E-state index in [1.54, 1.807) is 0 Å². The van der Waals surface area contributed by atoms with Gasteiger partial charge in [-0.05, 0) is 40.8 Å². The Balaban J connectivity index is 2.83. The Morgan fingerprint density at radius 1 is 1.62 bits per heavy atom. The summed E-state index contributed by atoms with van der Waals surface area (Å²) in [4.78, 5) is 0. The average molecular weight is 310 g/mol. The van der Waals surface area contributed by atoms with E-state index in [0.717, 1.165) is 9.26 Å². The van der Waals surface area contributed by atoms with Crippen LogP contribution in [0.3, 0.4) is 0 Å². The van der Waals surface area contributed by atoms with Crippen molar-refractivity contribution in [1.82, 2.24) is 0 Å². The SMILES string of the molecule is CCS(=O)Nc1ccc(I)cc1N. The summed E-state index contributed by atoms with van der Waals surface area (Å²) in [5.41, 5.74) is 7.09. The van der Waals surface area contributed by atoms with Crippen molar-refractivity contribution in [3.05, 3.63) is 21.8 Å². The summed E-state index contributed by atoms with van der Waals surface area (Å²) >= 11 is 2.18. The highest BCUT2D eigenvalue weighted by atomic mass is 127. The Hall–Kier alpha value is -0.300. The van der Waals surface area contributed by atoms with E-state index < -0.39 is 11.0 Å². The fourth-order valence-corrected chi connectivity index (χ4v) is 1.91. The van der Waals surface area contributed by atoms with Gasteiger partial charge in [0.1, 0.15) is 11.0 Å². The van der Waals surface area contributed by atoms with Gasteiger partial charge in [-0.1, -0.05) is 6.92 Å². The summed E-state index contributed by atoms with van der Waals surface area (Å²) in [6.07, 6.45) is 0. The highest BCUT2D eigenvalue weighted by molar-refractivity contribution is 14.1. The molecule has 5 heteroatoms. The molecule has 3 N–H and O–H groups in total. The smallest absolute Gasteiger partial charge is 0.116 e. The third-order valence-electron chi connectivity index (χ3n) is 1.50. The summed E-state index contributed by atoms with van der Waals surface area (Å²) in [6.45, 7) is 1.85. The lowest BCUT2D eigenvalue weighted by molar-refractivity contribution is 0.687. The van der Waals surface area contributed by atoms with Crippen LogP contribution in [0.5, 0.6) is 0 Å². The van der Waals surface area contributed by atoms with Crippen molar-refractivity contribution in [2.45, 2.75) is 6.92 Å². The van der Waals surface area contributed by atoms with Gasteiger partial charge in [-0.15, -0.1) is 0 Å². The minimum absolute atomic E-state index is 0.575. The number of nitrogens with one attached hydrogen (secondary N) is 1. The van der Waals surface area contributed by atoms with Gasteiger partial charge >= 0.3 is 0 Å². The first-order valence-electron chi connectivity index (χ1n) is 3.83. The van der Waals surface area contributed by atoms with Crippen LogP contribution in [0, 0.1) is 3.57 Å². The molecule has 3 nitrogen and oxygen atoms in total. The topological polar surface area (TPSA) is 55.1 Å². The first-order chi connectivity index (χ1) is 6.13. The van der Waals surface area contributed by atoms with Crippen molar-refractivity contribution in [3.63, 3.8) is 0 Å². The number of halogens is 1. The fraction of sp³-hybridized carbons (Fsp3) is 0.250. The Labute approximate surface area is 93.8 Å². The molecule has 0 aliphatic rings. The number of benzene rings is 1. The largest absolute Gasteiger partial charge is 0.397 e. The molecule has 1 atom stereocenters. The van der Waals surface area contributed by atoms with Crippen LogP contribution in [0.2, 0.25) is 0 Å². The minimum Gasteiger partial charge on any atom is -0.397 e. The van der Waals surface area contributed by atoms with Crippen LogP contribution in [-0.2, 0) is 11.0 Å². The van der Waals surface area contributed by atoms with Crippen molar-refractivity contribution in [2.75, 3.05) is 16.2 Å². The Morgan fingerprint density at radius 3 is 2.85 bits per heavy atom. The first kappa shape index (κ1) is 10.8. The van der Waals surface area contributed by atoms with Crippen LogP contribution >= 0.6 is 22.6 Å². The molecule has 0 saturated carbocycles. The number of hydrogen-bond acceptors (Lipinski definition) is 2. The molecule has 0 spiro atoms. The van der Waals surface area contributed by atoms with E-state index in [0.29, 0.717) is 11.4 Å². The van der Waals surface area contributed by atoms with E-state index in [1.807, 2.05) is 25.1 Å². The molecular weight excluding hydrogens is 299 g/mol. The lowest BCUT2D eigenvalue weighted by Gasteiger charge is -2.07. The third-order valence-corrected chi connectivity index (χ3v) is 3.14. The lowest BCUT2D eigenvalue weighted by Crippen LogP contribution is -2.07. The predicted molar refractivity (Wildman–Crippen MR) is 65.9 cm³/mol. The second-order valence-electron chi connectivity index (χ2n) is 2.47. The molecule has 1 aromatic carbocycles. The van der Waals surface area contributed by atoms with Gasteiger partial charge in [-0.2, -0.15) is 0 Å². The molecule has 0 heterocycles. The van der Waals surface area contributed by atoms with Crippen LogP contribution in [0.25, 0.3) is 0 Å². The molecule has 0 aromatic heterocycles. The Bertz CT molecular complexity index is 330. The maximum Gasteiger partial charge on any atom is 0.116 e. The van der Waals surface area contributed by atoms with Crippen LogP contribution < -0.4 is 10.5 Å². The summed E-state index contributed by atoms with van der Waals surface area (Å²) in [5.74, 6) is 0.575. The maximum atomic E-state index is 11.2. The highest BCUT2D eigenvalue weighted by Crippen LogP contribution is 2.21. The molecule has 13 heavy (non-hydrogen) atoms. The molecule has 0 radical (unpaired) electrons. The molecule has 72 valence electrons. The molecule has 1 aromatic rings. The van der Waals surface area contributed by atoms with Crippen molar-refractivity contribution < 1.29 is 4.21 Å². The number of rotatable bonds is 3. The summed E-state index contributed by atoms with van der Waals surface area (Å²) in [5, 5.41) is 0. The van der Waals surface area contributed by atoms with Crippen molar-refractivity contribution in [3.8, 4) is 0 Å². The zero-order valence-corrected chi connectivity index (χ0v) is 10.2. The summed E-state index contributed by atoms with van der Waals surface area (Å²) < 4.78 is 15.1. The molecule has 1 unspecified atom stereocenters. The molecule has 0 saturated heterocycles. The second-order valence-corrected chi connectivity index (χ2v) is 5.19. The zero-order valence-electron chi connectivity index (χ0n) is 7.21. The van der Waals surface area contributed by atoms with E-state index >= 15 is 0 Å². The van der Waals surface area contributed by atoms with Gasteiger partial charge in [0.25, 0.3) is 0 Å². The molecule has 1 rings (SSSR count). The third kappa shape index (κ3) is 3.15. The van der Waals surface area contributed by atoms with E-state index in [4.69, 9.17) is 5.73 Å². The zero-order chi connectivity index (χ0) is 9.84. The standard InChI is InChI=1S/C8H11IN2OS/c1-2-13(12)11-8-4-3-6(9)5-7(8)10/h3-5,11H,2,10H2,1H3. The monoisotopic (exact) mass is 310 g/mol. The van der Waals surface area contributed by atoms with Crippen LogP contribution in [-0.4, -0.2) is 9.96 Å². The Kier molecular flexibility index (Phi) is 3.98. The van der Waals surface area contributed by atoms with Crippen molar-refractivity contribution in [1.29, 1.82) is 0 Å². The molecule has 0 bridgehead atoms. The quantitative estimate of drug-likeness (QED) is 0.662. The van der Waals surface area contributed by atoms with Gasteiger partial charge in [0.05, 0.1) is 11.4 Å². The normalized spacial score (nSPS) is 12.5. The lowest BCUT2D eigenvalue weighted by atomic mass is 10.3. The van der Waals surface area contributed by atoms with Gasteiger partial charge in [-0.25, -0.2) is 4.21 Å². The Morgan fingerprint density at radius 2 is 2.31 bits per heavy atom. The van der Waals surface area contributed by atoms with Gasteiger partial charge in [0.15, 0.2) is 0 Å². The number of anilines is 2. The van der Waals surface area contributed by atoms with Crippen LogP contribution in [0.4, 0.5) is 11.4 Å². The van der Waals surface area contributed by atoms with E-state index in [2.05, 4.69) is 27.3 Å². The van der Waals surface area contributed by atoms with Crippen molar-refractivity contribution in [2.24, 2.45) is 0 Å². The van der Waals surface area contributed by atoms with Gasteiger partial charge in [0.2, 0.25) is 0 Å². The molecule has 0 fully saturated rings. The number of nitrogen functional groups attached to an aromatic ring is 1. The molecular formula is C8H11IN2OS.